The van der Waals surface area contributed by atoms with Gasteiger partial charge in [0.25, 0.3) is 20.2 Å². The Morgan fingerprint density at radius 1 is 0.943 bits per heavy atom. The molecule has 20 nitrogen and oxygen atoms in total. The summed E-state index contributed by atoms with van der Waals surface area (Å²) in [6.45, 7) is 10.2. The van der Waals surface area contributed by atoms with Crippen molar-refractivity contribution in [3.05, 3.63) is 63.8 Å². The maximum Gasteiger partial charge on any atom is 0.349 e. The summed E-state index contributed by atoms with van der Waals surface area (Å²) in [5, 5.41) is 42.3. The minimum Gasteiger partial charge on any atom is -0.505 e. The molecule has 1 aliphatic heterocycles. The largest absolute Gasteiger partial charge is 0.505 e. The number of aromatic nitrogens is 3. The van der Waals surface area contributed by atoms with Crippen LogP contribution < -0.4 is 16.3 Å². The van der Waals surface area contributed by atoms with E-state index in [1.54, 1.807) is 13.8 Å². The molecule has 0 radical (unpaired) electrons. The Bertz CT molecular complexity index is 2370. The lowest BCUT2D eigenvalue weighted by Crippen LogP contribution is -2.52. The van der Waals surface area contributed by atoms with Crippen molar-refractivity contribution < 1.29 is 50.8 Å². The highest BCUT2D eigenvalue weighted by Gasteiger charge is 2.26. The topological polar surface area (TPSA) is 314 Å². The number of aromatic carboxylic acids is 2. The summed E-state index contributed by atoms with van der Waals surface area (Å²) >= 11 is 0. The lowest BCUT2D eigenvalue weighted by molar-refractivity contribution is 0.0696. The van der Waals surface area contributed by atoms with E-state index in [1.165, 1.54) is 6.54 Å². The number of carbonyl (C=O) groups is 2. The zero-order valence-corrected chi connectivity index (χ0v) is 30.4. The Labute approximate surface area is 302 Å². The Morgan fingerprint density at radius 3 is 2.08 bits per heavy atom. The molecule has 53 heavy (non-hydrogen) atoms. The Morgan fingerprint density at radius 2 is 1.57 bits per heavy atom. The first-order chi connectivity index (χ1) is 24.5. The van der Waals surface area contributed by atoms with Crippen LogP contribution >= 0.6 is 0 Å². The summed E-state index contributed by atoms with van der Waals surface area (Å²) in [5.74, 6) is -4.61. The number of azo groups is 1. The van der Waals surface area contributed by atoms with Gasteiger partial charge in [0.05, 0.1) is 27.4 Å². The summed E-state index contributed by atoms with van der Waals surface area (Å²) in [5.41, 5.74) is -3.60. The van der Waals surface area contributed by atoms with Crippen LogP contribution in [0.25, 0.3) is 10.8 Å². The minimum atomic E-state index is -5.24. The van der Waals surface area contributed by atoms with Crippen molar-refractivity contribution >= 4 is 66.0 Å². The van der Waals surface area contributed by atoms with Gasteiger partial charge >= 0.3 is 17.6 Å². The van der Waals surface area contributed by atoms with Crippen LogP contribution in [0.1, 0.15) is 60.2 Å². The number of fused-ring (bicyclic) bond motifs is 1. The number of piperazine rings is 1. The molecule has 1 aliphatic rings. The van der Waals surface area contributed by atoms with Gasteiger partial charge in [0.15, 0.2) is 5.75 Å². The number of anilines is 2. The molecule has 0 amide bonds. The van der Waals surface area contributed by atoms with Crippen LogP contribution in [-0.4, -0.2) is 105 Å². The summed E-state index contributed by atoms with van der Waals surface area (Å²) in [4.78, 5) is 45.6. The molecule has 0 bridgehead atoms. The first-order valence-corrected chi connectivity index (χ1v) is 18.4. The van der Waals surface area contributed by atoms with E-state index >= 15 is 0 Å². The maximum atomic E-state index is 12.3. The molecule has 284 valence electrons. The number of aromatic hydroxyl groups is 1. The molecule has 2 unspecified atom stereocenters. The van der Waals surface area contributed by atoms with Gasteiger partial charge in [-0.2, -0.15) is 31.9 Å². The SMILES string of the molecule is CC(C)c1nc(Nc2cc(S(=O)(=O)O)cc3cc(S(=O)(=O)O)c(N=Nc4cc(C(=O)O)cc(C(=O)O)c4)c(O)c23)nc(=O)[nH]1.CC1CN(C)C(C)CN1. The standard InChI is InChI=1S/C24H20N6O12S2.C7H16N2/c1-9(2)20-26-23(28-24(36)27-20)25-15-8-14(43(37,38)39)6-10-7-16(44(40,41)42)18(19(31)17(10)15)30-29-13-4-11(21(32)33)3-12(5-13)22(34)35;1-6-5-9(3)7(2)4-8-6/h3-9,31H,1-2H3,(H,32,33)(H,34,35)(H,37,38,39)(H,40,41,42)(H2,25,26,27,28,36);6-8H,4-5H2,1-3H3. The van der Waals surface area contributed by atoms with Gasteiger partial charge < -0.3 is 30.9 Å². The van der Waals surface area contributed by atoms with Crippen molar-refractivity contribution in [1.29, 1.82) is 0 Å². The fourth-order valence-electron chi connectivity index (χ4n) is 5.08. The van der Waals surface area contributed by atoms with Crippen molar-refractivity contribution in [2.24, 2.45) is 10.2 Å². The van der Waals surface area contributed by atoms with Crippen molar-refractivity contribution in [3.8, 4) is 5.75 Å². The van der Waals surface area contributed by atoms with Crippen molar-refractivity contribution in [2.75, 3.05) is 25.5 Å². The quantitative estimate of drug-likeness (QED) is 0.0890. The van der Waals surface area contributed by atoms with Crippen LogP contribution in [0.5, 0.6) is 5.75 Å². The average Bonchev–Trinajstić information content (AvgIpc) is 3.04. The van der Waals surface area contributed by atoms with Gasteiger partial charge in [-0.15, -0.1) is 5.11 Å². The first-order valence-electron chi connectivity index (χ1n) is 15.6. The number of nitrogens with zero attached hydrogens (tertiary/aromatic N) is 5. The van der Waals surface area contributed by atoms with Gasteiger partial charge in [0, 0.05) is 36.5 Å². The Hall–Kier alpha value is -5.39. The Kier molecular flexibility index (Phi) is 12.0. The van der Waals surface area contributed by atoms with Crippen LogP contribution in [-0.2, 0) is 20.2 Å². The number of hydrogen-bond acceptors (Lipinski definition) is 15. The molecule has 3 aromatic carbocycles. The average molecular weight is 777 g/mol. The van der Waals surface area contributed by atoms with Crippen LogP contribution in [0, 0.1) is 0 Å². The monoisotopic (exact) mass is 776 g/mol. The fourth-order valence-corrected chi connectivity index (χ4v) is 6.28. The van der Waals surface area contributed by atoms with Gasteiger partial charge in [-0.05, 0) is 62.7 Å². The minimum absolute atomic E-state index is 0.166. The summed E-state index contributed by atoms with van der Waals surface area (Å²) in [6, 6.07) is 6.25. The maximum absolute atomic E-state index is 12.3. The lowest BCUT2D eigenvalue weighted by Gasteiger charge is -2.34. The highest BCUT2D eigenvalue weighted by molar-refractivity contribution is 7.86. The third kappa shape index (κ3) is 9.94. The second-order valence-corrected chi connectivity index (χ2v) is 15.2. The molecule has 22 heteroatoms. The molecule has 8 N–H and O–H groups in total. The number of H-pyrrole nitrogens is 1. The van der Waals surface area contributed by atoms with Crippen LogP contribution in [0.4, 0.5) is 23.0 Å². The number of hydrogen-bond donors (Lipinski definition) is 8. The summed E-state index contributed by atoms with van der Waals surface area (Å²) in [7, 11) is -8.02. The Balaban J connectivity index is 0.000000608. The molecule has 1 aromatic heterocycles. The van der Waals surface area contributed by atoms with E-state index in [0.717, 1.165) is 36.9 Å². The third-order valence-corrected chi connectivity index (χ3v) is 9.61. The molecule has 2 atom stereocenters. The number of rotatable bonds is 9. The van der Waals surface area contributed by atoms with Crippen molar-refractivity contribution in [2.45, 2.75) is 55.5 Å². The van der Waals surface area contributed by atoms with E-state index in [1.807, 2.05) is 0 Å². The number of likely N-dealkylation sites (N-methyl/N-ethyl adjacent to an activating group) is 1. The molecule has 1 fully saturated rings. The number of phenolic OH excluding ortho intramolecular Hbond substituents is 1. The summed E-state index contributed by atoms with van der Waals surface area (Å²) in [6.07, 6.45) is 0. The predicted octanol–water partition coefficient (Wildman–Crippen LogP) is 3.49. The predicted molar refractivity (Wildman–Crippen MR) is 189 cm³/mol. The van der Waals surface area contributed by atoms with Crippen molar-refractivity contribution in [3.63, 3.8) is 0 Å². The number of carboxylic acids is 2. The number of phenols is 1. The molecular formula is C31H36N8O12S2. The van der Waals surface area contributed by atoms with Gasteiger partial charge in [-0.3, -0.25) is 14.1 Å². The smallest absolute Gasteiger partial charge is 0.349 e. The number of benzene rings is 3. The van der Waals surface area contributed by atoms with Gasteiger partial charge in [-0.1, -0.05) is 13.8 Å². The molecule has 5 rings (SSSR count). The number of aromatic amines is 1. The zero-order valence-electron chi connectivity index (χ0n) is 28.8. The molecule has 2 heterocycles. The molecule has 4 aromatic rings. The lowest BCUT2D eigenvalue weighted by atomic mass is 10.1. The van der Waals surface area contributed by atoms with Crippen LogP contribution in [0.3, 0.4) is 0 Å². The second-order valence-electron chi connectivity index (χ2n) is 12.4. The molecular weight excluding hydrogens is 741 g/mol. The first kappa shape index (κ1) is 40.4. The van der Waals surface area contributed by atoms with E-state index in [-0.39, 0.29) is 34.2 Å². The molecule has 1 saturated heterocycles. The molecule has 0 saturated carbocycles. The number of nitrogens with one attached hydrogen (secondary N) is 3. The molecule has 0 spiro atoms. The van der Waals surface area contributed by atoms with E-state index in [2.05, 4.69) is 61.6 Å². The van der Waals surface area contributed by atoms with Gasteiger partial charge in [0.2, 0.25) is 5.95 Å². The van der Waals surface area contributed by atoms with E-state index < -0.39 is 75.9 Å². The van der Waals surface area contributed by atoms with Crippen molar-refractivity contribution in [1.82, 2.24) is 25.2 Å². The van der Waals surface area contributed by atoms with Crippen LogP contribution in [0.2, 0.25) is 0 Å². The highest BCUT2D eigenvalue weighted by atomic mass is 32.2. The summed E-state index contributed by atoms with van der Waals surface area (Å²) < 4.78 is 68.2. The van der Waals surface area contributed by atoms with E-state index in [4.69, 9.17) is 0 Å². The zero-order chi connectivity index (χ0) is 39.6. The molecule has 0 aliphatic carbocycles. The van der Waals surface area contributed by atoms with Gasteiger partial charge in [-0.25, -0.2) is 14.4 Å². The van der Waals surface area contributed by atoms with Gasteiger partial charge in [0.1, 0.15) is 16.4 Å². The third-order valence-electron chi connectivity index (χ3n) is 7.91. The number of carboxylic acid groups (broad SMARTS) is 2. The van der Waals surface area contributed by atoms with E-state index in [9.17, 15) is 55.6 Å². The van der Waals surface area contributed by atoms with Crippen LogP contribution in [0.15, 0.2) is 61.2 Å². The normalized spacial score (nSPS) is 16.8. The fraction of sp³-hybridized carbons (Fsp3) is 0.323. The highest BCUT2D eigenvalue weighted by Crippen LogP contribution is 2.45. The second kappa shape index (κ2) is 15.7. The van der Waals surface area contributed by atoms with E-state index in [0.29, 0.717) is 18.2 Å².